The van der Waals surface area contributed by atoms with Gasteiger partial charge in [0.25, 0.3) is 5.91 Å². The number of rotatable bonds is 5. The number of anilines is 1. The van der Waals surface area contributed by atoms with Crippen LogP contribution in [0.3, 0.4) is 0 Å². The fourth-order valence-electron chi connectivity index (χ4n) is 3.21. The summed E-state index contributed by atoms with van der Waals surface area (Å²) in [6.07, 6.45) is 1.85. The van der Waals surface area contributed by atoms with Crippen LogP contribution < -0.4 is 4.90 Å². The third-order valence-corrected chi connectivity index (χ3v) is 4.90. The van der Waals surface area contributed by atoms with E-state index in [1.54, 1.807) is 0 Å². The molecule has 0 radical (unpaired) electrons. The van der Waals surface area contributed by atoms with Gasteiger partial charge in [0.1, 0.15) is 6.10 Å². The van der Waals surface area contributed by atoms with E-state index in [0.717, 1.165) is 43.2 Å². The summed E-state index contributed by atoms with van der Waals surface area (Å²) in [6, 6.07) is 7.84. The highest BCUT2D eigenvalue weighted by Crippen LogP contribution is 2.21. The number of hydrogen-bond donors (Lipinski definition) is 0. The topological polar surface area (TPSA) is 42.0 Å². The minimum atomic E-state index is -0.410. The van der Waals surface area contributed by atoms with Crippen LogP contribution in [0.15, 0.2) is 24.3 Å². The Morgan fingerprint density at radius 1 is 1.38 bits per heavy atom. The summed E-state index contributed by atoms with van der Waals surface area (Å²) in [6.45, 7) is 6.19. The molecular weight excluding hydrogens is 328 g/mol. The zero-order valence-electron chi connectivity index (χ0n) is 14.1. The maximum atomic E-state index is 12.5. The fourth-order valence-corrected chi connectivity index (χ4v) is 3.40. The molecular formula is C18H25ClN2O3. The molecule has 0 spiro atoms. The molecule has 6 heteroatoms. The van der Waals surface area contributed by atoms with E-state index in [9.17, 15) is 4.79 Å². The number of piperazine rings is 1. The molecule has 1 aromatic carbocycles. The van der Waals surface area contributed by atoms with Crippen molar-refractivity contribution in [3.8, 4) is 0 Å². The van der Waals surface area contributed by atoms with E-state index in [2.05, 4.69) is 11.0 Å². The van der Waals surface area contributed by atoms with Gasteiger partial charge >= 0.3 is 0 Å². The first-order chi connectivity index (χ1) is 11.6. The molecule has 0 aliphatic carbocycles. The number of carbonyl (C=O) groups excluding carboxylic acids is 1. The number of nitrogens with zero attached hydrogens (tertiary/aromatic N) is 2. The van der Waals surface area contributed by atoms with Crippen molar-refractivity contribution in [3.63, 3.8) is 0 Å². The number of carbonyl (C=O) groups is 1. The minimum absolute atomic E-state index is 0.0683. The summed E-state index contributed by atoms with van der Waals surface area (Å²) in [4.78, 5) is 16.7. The Labute approximate surface area is 148 Å². The molecule has 0 saturated carbocycles. The number of amides is 1. The first-order valence-electron chi connectivity index (χ1n) is 8.66. The molecule has 0 aromatic heterocycles. The average molecular weight is 353 g/mol. The van der Waals surface area contributed by atoms with Crippen molar-refractivity contribution >= 4 is 23.2 Å². The van der Waals surface area contributed by atoms with Crippen LogP contribution in [-0.4, -0.2) is 62.4 Å². The van der Waals surface area contributed by atoms with Crippen LogP contribution in [0.5, 0.6) is 0 Å². The number of halogens is 1. The average Bonchev–Trinajstić information content (AvgIpc) is 3.13. The summed E-state index contributed by atoms with van der Waals surface area (Å²) in [5, 5.41) is 0.738. The quantitative estimate of drug-likeness (QED) is 0.816. The predicted molar refractivity (Wildman–Crippen MR) is 94.6 cm³/mol. The molecule has 132 valence electrons. The monoisotopic (exact) mass is 352 g/mol. The molecule has 2 fully saturated rings. The van der Waals surface area contributed by atoms with E-state index >= 15 is 0 Å². The lowest BCUT2D eigenvalue weighted by Gasteiger charge is -2.37. The Bertz CT molecular complexity index is 555. The van der Waals surface area contributed by atoms with Gasteiger partial charge in [0.15, 0.2) is 0 Å². The van der Waals surface area contributed by atoms with E-state index in [1.165, 1.54) is 0 Å². The summed E-state index contributed by atoms with van der Waals surface area (Å²) in [5.74, 6) is 0.0683. The zero-order valence-corrected chi connectivity index (χ0v) is 14.9. The molecule has 0 unspecified atom stereocenters. The largest absolute Gasteiger partial charge is 0.376 e. The van der Waals surface area contributed by atoms with Crippen LogP contribution >= 0.6 is 11.6 Å². The van der Waals surface area contributed by atoms with E-state index in [1.807, 2.05) is 30.0 Å². The van der Waals surface area contributed by atoms with Crippen LogP contribution in [0.2, 0.25) is 5.02 Å². The minimum Gasteiger partial charge on any atom is -0.376 e. The lowest BCUT2D eigenvalue weighted by atomic mass is 10.2. The summed E-state index contributed by atoms with van der Waals surface area (Å²) in [5.41, 5.74) is 1.11. The Morgan fingerprint density at radius 3 is 2.83 bits per heavy atom. The maximum Gasteiger partial charge on any atom is 0.251 e. The smallest absolute Gasteiger partial charge is 0.251 e. The highest BCUT2D eigenvalue weighted by molar-refractivity contribution is 6.30. The molecule has 2 saturated heterocycles. The third-order valence-electron chi connectivity index (χ3n) is 4.67. The molecule has 2 aliphatic heterocycles. The Balaban J connectivity index is 1.45. The Hall–Kier alpha value is -1.30. The maximum absolute atomic E-state index is 12.5. The van der Waals surface area contributed by atoms with Crippen LogP contribution in [0.1, 0.15) is 19.8 Å². The second-order valence-corrected chi connectivity index (χ2v) is 6.84. The summed E-state index contributed by atoms with van der Waals surface area (Å²) < 4.78 is 11.3. The number of benzene rings is 1. The lowest BCUT2D eigenvalue weighted by molar-refractivity contribution is -0.144. The highest BCUT2D eigenvalue weighted by Gasteiger charge is 2.26. The number of hydrogen-bond acceptors (Lipinski definition) is 4. The first-order valence-corrected chi connectivity index (χ1v) is 9.04. The number of ether oxygens (including phenoxy) is 2. The van der Waals surface area contributed by atoms with E-state index in [4.69, 9.17) is 21.1 Å². The third kappa shape index (κ3) is 4.41. The normalized spacial score (nSPS) is 22.7. The Kier molecular flexibility index (Phi) is 5.98. The molecule has 1 aromatic rings. The van der Waals surface area contributed by atoms with Gasteiger partial charge in [0, 0.05) is 43.5 Å². The standard InChI is InChI=1S/C18H25ClN2O3/c1-14(24-13-17-6-3-11-23-17)18(22)21-9-7-20(8-10-21)16-5-2-4-15(19)12-16/h2,4-5,12,14,17H,3,6-11,13H2,1H3/t14-,17+/m0/s1. The molecule has 0 N–H and O–H groups in total. The van der Waals surface area contributed by atoms with Gasteiger partial charge in [0.05, 0.1) is 12.7 Å². The van der Waals surface area contributed by atoms with Crippen molar-refractivity contribution in [2.24, 2.45) is 0 Å². The van der Waals surface area contributed by atoms with Crippen LogP contribution in [-0.2, 0) is 14.3 Å². The van der Waals surface area contributed by atoms with Gasteiger partial charge in [-0.25, -0.2) is 0 Å². The second-order valence-electron chi connectivity index (χ2n) is 6.40. The van der Waals surface area contributed by atoms with Crippen molar-refractivity contribution in [2.45, 2.75) is 32.0 Å². The van der Waals surface area contributed by atoms with Crippen molar-refractivity contribution in [1.82, 2.24) is 4.90 Å². The molecule has 2 atom stereocenters. The van der Waals surface area contributed by atoms with Crippen molar-refractivity contribution in [1.29, 1.82) is 0 Å². The van der Waals surface area contributed by atoms with E-state index in [0.29, 0.717) is 19.7 Å². The van der Waals surface area contributed by atoms with E-state index < -0.39 is 6.10 Å². The van der Waals surface area contributed by atoms with Crippen LogP contribution in [0.4, 0.5) is 5.69 Å². The van der Waals surface area contributed by atoms with E-state index in [-0.39, 0.29) is 12.0 Å². The molecule has 2 heterocycles. The summed E-state index contributed by atoms with van der Waals surface area (Å²) >= 11 is 6.06. The predicted octanol–water partition coefficient (Wildman–Crippen LogP) is 2.57. The highest BCUT2D eigenvalue weighted by atomic mass is 35.5. The van der Waals surface area contributed by atoms with Gasteiger partial charge < -0.3 is 19.3 Å². The molecule has 0 bridgehead atoms. The molecule has 3 rings (SSSR count). The zero-order chi connectivity index (χ0) is 16.9. The van der Waals surface area contributed by atoms with Crippen molar-refractivity contribution < 1.29 is 14.3 Å². The van der Waals surface area contributed by atoms with Crippen LogP contribution in [0.25, 0.3) is 0 Å². The van der Waals surface area contributed by atoms with Crippen molar-refractivity contribution in [3.05, 3.63) is 29.3 Å². The molecule has 24 heavy (non-hydrogen) atoms. The molecule has 2 aliphatic rings. The first kappa shape index (κ1) is 17.5. The van der Waals surface area contributed by atoms with Crippen molar-refractivity contribution in [2.75, 3.05) is 44.3 Å². The second kappa shape index (κ2) is 8.19. The van der Waals surface area contributed by atoms with Gasteiger partial charge in [-0.1, -0.05) is 17.7 Å². The Morgan fingerprint density at radius 2 is 2.17 bits per heavy atom. The van der Waals surface area contributed by atoms with Gasteiger partial charge in [-0.15, -0.1) is 0 Å². The molecule has 5 nitrogen and oxygen atoms in total. The van der Waals surface area contributed by atoms with Gasteiger partial charge in [-0.3, -0.25) is 4.79 Å². The SMILES string of the molecule is C[C@H](OC[C@H]1CCCO1)C(=O)N1CCN(c2cccc(Cl)c2)CC1. The van der Waals surface area contributed by atoms with Crippen LogP contribution in [0, 0.1) is 0 Å². The lowest BCUT2D eigenvalue weighted by Crippen LogP contribution is -2.51. The summed E-state index contributed by atoms with van der Waals surface area (Å²) in [7, 11) is 0. The van der Waals surface area contributed by atoms with Gasteiger partial charge in [0.2, 0.25) is 0 Å². The fraction of sp³-hybridized carbons (Fsp3) is 0.611. The molecule has 1 amide bonds. The van der Waals surface area contributed by atoms with Gasteiger partial charge in [-0.05, 0) is 38.0 Å². The van der Waals surface area contributed by atoms with Gasteiger partial charge in [-0.2, -0.15) is 0 Å².